The van der Waals surface area contributed by atoms with Gasteiger partial charge in [0.15, 0.2) is 0 Å². The first-order valence-electron chi connectivity index (χ1n) is 9.65. The van der Waals surface area contributed by atoms with Gasteiger partial charge in [0.1, 0.15) is 5.82 Å². The molecule has 7 heteroatoms. The van der Waals surface area contributed by atoms with Crippen LogP contribution in [0.1, 0.15) is 28.8 Å². The van der Waals surface area contributed by atoms with E-state index >= 15 is 0 Å². The van der Waals surface area contributed by atoms with Crippen molar-refractivity contribution in [3.05, 3.63) is 77.9 Å². The molecular formula is C22H22FN5O. The highest BCUT2D eigenvalue weighted by Gasteiger charge is 2.12. The molecule has 1 fully saturated rings. The molecule has 2 heterocycles. The lowest BCUT2D eigenvalue weighted by Crippen LogP contribution is -2.23. The number of carbonyl (C=O) groups is 1. The van der Waals surface area contributed by atoms with Gasteiger partial charge >= 0.3 is 0 Å². The van der Waals surface area contributed by atoms with Crippen LogP contribution in [-0.4, -0.2) is 29.0 Å². The van der Waals surface area contributed by atoms with Gasteiger partial charge in [-0.3, -0.25) is 4.79 Å². The van der Waals surface area contributed by atoms with E-state index in [0.717, 1.165) is 18.8 Å². The lowest BCUT2D eigenvalue weighted by molar-refractivity contribution is 0.0950. The zero-order valence-electron chi connectivity index (χ0n) is 15.9. The second-order valence-electron chi connectivity index (χ2n) is 6.94. The van der Waals surface area contributed by atoms with Gasteiger partial charge in [0.2, 0.25) is 5.95 Å². The molecular weight excluding hydrogens is 369 g/mol. The van der Waals surface area contributed by atoms with Crippen LogP contribution in [-0.2, 0) is 6.54 Å². The van der Waals surface area contributed by atoms with E-state index in [4.69, 9.17) is 0 Å². The smallest absolute Gasteiger partial charge is 0.254 e. The van der Waals surface area contributed by atoms with Crippen LogP contribution in [0.4, 0.5) is 21.7 Å². The fraction of sp³-hybridized carbons (Fsp3) is 0.227. The first-order chi connectivity index (χ1) is 14.2. The molecule has 1 aliphatic heterocycles. The van der Waals surface area contributed by atoms with Crippen LogP contribution in [0.3, 0.4) is 0 Å². The highest BCUT2D eigenvalue weighted by molar-refractivity contribution is 5.93. The number of hydrogen-bond donors (Lipinski definition) is 2. The fourth-order valence-electron chi connectivity index (χ4n) is 3.29. The first-order valence-corrected chi connectivity index (χ1v) is 9.65. The quantitative estimate of drug-likeness (QED) is 0.667. The van der Waals surface area contributed by atoms with Crippen molar-refractivity contribution < 1.29 is 9.18 Å². The van der Waals surface area contributed by atoms with Gasteiger partial charge in [0.25, 0.3) is 5.91 Å². The normalized spacial score (nSPS) is 13.3. The summed E-state index contributed by atoms with van der Waals surface area (Å²) < 4.78 is 13.6. The van der Waals surface area contributed by atoms with Gasteiger partial charge in [-0.2, -0.15) is 0 Å². The molecule has 4 rings (SSSR count). The van der Waals surface area contributed by atoms with Crippen LogP contribution < -0.4 is 15.5 Å². The SMILES string of the molecule is O=C(NCc1ccccc1F)c1cnc(Nc2ccc(N3CCCC3)cc2)nc1. The average molecular weight is 391 g/mol. The van der Waals surface area contributed by atoms with Crippen LogP contribution in [0.2, 0.25) is 0 Å². The van der Waals surface area contributed by atoms with Crippen molar-refractivity contribution in [2.45, 2.75) is 19.4 Å². The fourth-order valence-corrected chi connectivity index (χ4v) is 3.29. The lowest BCUT2D eigenvalue weighted by atomic mass is 10.2. The van der Waals surface area contributed by atoms with Gasteiger partial charge in [-0.1, -0.05) is 18.2 Å². The van der Waals surface area contributed by atoms with Gasteiger partial charge in [-0.05, 0) is 43.2 Å². The molecule has 29 heavy (non-hydrogen) atoms. The molecule has 0 unspecified atom stereocenters. The average Bonchev–Trinajstić information content (AvgIpc) is 3.29. The number of nitrogens with zero attached hydrogens (tertiary/aromatic N) is 3. The van der Waals surface area contributed by atoms with E-state index in [-0.39, 0.29) is 18.3 Å². The summed E-state index contributed by atoms with van der Waals surface area (Å²) in [7, 11) is 0. The Kier molecular flexibility index (Phi) is 5.65. The number of aromatic nitrogens is 2. The number of halogens is 1. The molecule has 1 amide bonds. The summed E-state index contributed by atoms with van der Waals surface area (Å²) in [5, 5.41) is 5.81. The summed E-state index contributed by atoms with van der Waals surface area (Å²) in [6, 6.07) is 14.5. The maximum absolute atomic E-state index is 13.6. The van der Waals surface area contributed by atoms with Crippen LogP contribution in [0, 0.1) is 5.82 Å². The van der Waals surface area contributed by atoms with Crippen molar-refractivity contribution in [1.82, 2.24) is 15.3 Å². The summed E-state index contributed by atoms with van der Waals surface area (Å²) in [6.07, 6.45) is 5.39. The van der Waals surface area contributed by atoms with Crippen molar-refractivity contribution in [3.63, 3.8) is 0 Å². The molecule has 148 valence electrons. The molecule has 0 saturated carbocycles. The van der Waals surface area contributed by atoms with Crippen LogP contribution in [0.15, 0.2) is 60.9 Å². The number of rotatable bonds is 6. The molecule has 0 radical (unpaired) electrons. The third-order valence-corrected chi connectivity index (χ3v) is 4.91. The second-order valence-corrected chi connectivity index (χ2v) is 6.94. The van der Waals surface area contributed by atoms with Crippen molar-refractivity contribution in [1.29, 1.82) is 0 Å². The number of anilines is 3. The van der Waals surface area contributed by atoms with Gasteiger partial charge in [-0.25, -0.2) is 14.4 Å². The Morgan fingerprint density at radius 2 is 1.69 bits per heavy atom. The molecule has 1 saturated heterocycles. The summed E-state index contributed by atoms with van der Waals surface area (Å²) in [6.45, 7) is 2.32. The Hall–Kier alpha value is -3.48. The Morgan fingerprint density at radius 3 is 2.38 bits per heavy atom. The number of amides is 1. The van der Waals surface area contributed by atoms with Crippen LogP contribution >= 0.6 is 0 Å². The van der Waals surface area contributed by atoms with Crippen molar-refractivity contribution in [2.75, 3.05) is 23.3 Å². The van der Waals surface area contributed by atoms with Crippen molar-refractivity contribution in [3.8, 4) is 0 Å². The van der Waals surface area contributed by atoms with Crippen LogP contribution in [0.5, 0.6) is 0 Å². The zero-order chi connectivity index (χ0) is 20.1. The summed E-state index contributed by atoms with van der Waals surface area (Å²) in [4.78, 5) is 23.0. The summed E-state index contributed by atoms with van der Waals surface area (Å²) >= 11 is 0. The monoisotopic (exact) mass is 391 g/mol. The topological polar surface area (TPSA) is 70.2 Å². The zero-order valence-corrected chi connectivity index (χ0v) is 15.9. The maximum Gasteiger partial charge on any atom is 0.254 e. The minimum atomic E-state index is -0.352. The maximum atomic E-state index is 13.6. The Bertz CT molecular complexity index is 969. The molecule has 3 aromatic rings. The van der Waals surface area contributed by atoms with Crippen LogP contribution in [0.25, 0.3) is 0 Å². The standard InChI is InChI=1S/C22H22FN5O/c23-20-6-2-1-5-16(20)13-24-21(29)17-14-25-22(26-15-17)27-18-7-9-19(10-8-18)28-11-3-4-12-28/h1-2,5-10,14-15H,3-4,11-13H2,(H,24,29)(H,25,26,27). The Labute approximate surface area is 168 Å². The molecule has 1 aliphatic rings. The minimum Gasteiger partial charge on any atom is -0.372 e. The third-order valence-electron chi connectivity index (χ3n) is 4.91. The largest absolute Gasteiger partial charge is 0.372 e. The molecule has 6 nitrogen and oxygen atoms in total. The molecule has 2 N–H and O–H groups in total. The number of hydrogen-bond acceptors (Lipinski definition) is 5. The number of benzene rings is 2. The third kappa shape index (κ3) is 4.68. The number of nitrogens with one attached hydrogen (secondary N) is 2. The predicted molar refractivity (Wildman–Crippen MR) is 111 cm³/mol. The van der Waals surface area contributed by atoms with E-state index < -0.39 is 0 Å². The lowest BCUT2D eigenvalue weighted by Gasteiger charge is -2.17. The van der Waals surface area contributed by atoms with Crippen molar-refractivity contribution >= 4 is 23.2 Å². The first kappa shape index (κ1) is 18.9. The van der Waals surface area contributed by atoms with E-state index in [2.05, 4.69) is 37.6 Å². The second kappa shape index (κ2) is 8.68. The van der Waals surface area contributed by atoms with Gasteiger partial charge in [0, 0.05) is 49.0 Å². The molecule has 0 aliphatic carbocycles. The number of carbonyl (C=O) groups excluding carboxylic acids is 1. The van der Waals surface area contributed by atoms with Gasteiger partial charge in [0.05, 0.1) is 5.56 Å². The molecule has 0 atom stereocenters. The molecule has 0 bridgehead atoms. The van der Waals surface area contributed by atoms with E-state index in [0.29, 0.717) is 17.1 Å². The van der Waals surface area contributed by atoms with E-state index in [1.165, 1.54) is 37.0 Å². The highest BCUT2D eigenvalue weighted by Crippen LogP contribution is 2.23. The molecule has 0 spiro atoms. The highest BCUT2D eigenvalue weighted by atomic mass is 19.1. The molecule has 1 aromatic heterocycles. The van der Waals surface area contributed by atoms with E-state index in [1.807, 2.05) is 12.1 Å². The van der Waals surface area contributed by atoms with Gasteiger partial charge in [-0.15, -0.1) is 0 Å². The minimum absolute atomic E-state index is 0.106. The van der Waals surface area contributed by atoms with Crippen molar-refractivity contribution in [2.24, 2.45) is 0 Å². The Balaban J connectivity index is 1.33. The summed E-state index contributed by atoms with van der Waals surface area (Å²) in [5.41, 5.74) is 2.84. The van der Waals surface area contributed by atoms with E-state index in [1.54, 1.807) is 18.2 Å². The Morgan fingerprint density at radius 1 is 1.00 bits per heavy atom. The van der Waals surface area contributed by atoms with Gasteiger partial charge < -0.3 is 15.5 Å². The summed E-state index contributed by atoms with van der Waals surface area (Å²) in [5.74, 6) is -0.293. The molecule has 2 aromatic carbocycles. The predicted octanol–water partition coefficient (Wildman–Crippen LogP) is 3.89. The van der Waals surface area contributed by atoms with E-state index in [9.17, 15) is 9.18 Å².